The summed E-state index contributed by atoms with van der Waals surface area (Å²) >= 11 is 0. The van der Waals surface area contributed by atoms with E-state index in [0.717, 1.165) is 18.4 Å². The second kappa shape index (κ2) is 10.3. The zero-order chi connectivity index (χ0) is 24.1. The lowest BCUT2D eigenvalue weighted by molar-refractivity contribution is -0.120. The van der Waals surface area contributed by atoms with Crippen molar-refractivity contribution >= 4 is 28.8 Å². The lowest BCUT2D eigenvalue weighted by Gasteiger charge is -2.16. The van der Waals surface area contributed by atoms with Crippen molar-refractivity contribution < 1.29 is 19.1 Å². The van der Waals surface area contributed by atoms with Crippen LogP contribution in [0, 0.1) is 0 Å². The fourth-order valence-corrected chi connectivity index (χ4v) is 3.85. The van der Waals surface area contributed by atoms with Crippen LogP contribution in [-0.4, -0.2) is 25.5 Å². The average Bonchev–Trinajstić information content (AvgIpc) is 3.12. The van der Waals surface area contributed by atoms with E-state index in [2.05, 4.69) is 12.2 Å². The van der Waals surface area contributed by atoms with E-state index in [-0.39, 0.29) is 11.6 Å². The summed E-state index contributed by atoms with van der Waals surface area (Å²) in [5.74, 6) is 0.494. The number of carbonyl (C=O) groups is 2. The maximum Gasteiger partial charge on any atom is 0.282 e. The summed E-state index contributed by atoms with van der Waals surface area (Å²) in [4.78, 5) is 28.4. The zero-order valence-electron chi connectivity index (χ0n) is 19.6. The monoisotopic (exact) mass is 456 g/mol. The van der Waals surface area contributed by atoms with Crippen molar-refractivity contribution in [3.05, 3.63) is 89.6 Å². The number of benzene rings is 3. The van der Waals surface area contributed by atoms with E-state index in [1.807, 2.05) is 49.4 Å². The van der Waals surface area contributed by atoms with Crippen LogP contribution in [0.1, 0.15) is 31.4 Å². The van der Waals surface area contributed by atoms with Crippen LogP contribution in [0.5, 0.6) is 11.5 Å². The minimum absolute atomic E-state index is 0.205. The summed E-state index contributed by atoms with van der Waals surface area (Å²) in [7, 11) is 1.56. The summed E-state index contributed by atoms with van der Waals surface area (Å²) < 4.78 is 11.1. The second-order valence-electron chi connectivity index (χ2n) is 7.91. The number of amides is 2. The maximum atomic E-state index is 13.6. The van der Waals surface area contributed by atoms with Gasteiger partial charge in [-0.2, -0.15) is 0 Å². The number of imide groups is 1. The summed E-state index contributed by atoms with van der Waals surface area (Å²) in [6.07, 6.45) is 1.78. The van der Waals surface area contributed by atoms with Gasteiger partial charge in [0.05, 0.1) is 30.7 Å². The number of ether oxygens (including phenoxy) is 2. The summed E-state index contributed by atoms with van der Waals surface area (Å²) in [5, 5.41) is 3.17. The average molecular weight is 457 g/mol. The molecule has 2 amide bonds. The van der Waals surface area contributed by atoms with E-state index < -0.39 is 5.91 Å². The third-order valence-electron chi connectivity index (χ3n) is 5.67. The summed E-state index contributed by atoms with van der Waals surface area (Å²) in [5.41, 5.74) is 3.40. The molecule has 0 radical (unpaired) electrons. The van der Waals surface area contributed by atoms with Gasteiger partial charge in [0.2, 0.25) is 0 Å². The smallest absolute Gasteiger partial charge is 0.282 e. The van der Waals surface area contributed by atoms with Gasteiger partial charge in [0.15, 0.2) is 0 Å². The van der Waals surface area contributed by atoms with Gasteiger partial charge >= 0.3 is 0 Å². The molecule has 0 bridgehead atoms. The van der Waals surface area contributed by atoms with Gasteiger partial charge in [-0.05, 0) is 60.4 Å². The Hall–Kier alpha value is -4.06. The molecule has 34 heavy (non-hydrogen) atoms. The van der Waals surface area contributed by atoms with Gasteiger partial charge in [0.25, 0.3) is 11.8 Å². The molecule has 1 N–H and O–H groups in total. The molecule has 0 atom stereocenters. The fraction of sp³-hybridized carbons (Fsp3) is 0.214. The van der Waals surface area contributed by atoms with E-state index in [1.165, 1.54) is 4.90 Å². The zero-order valence-corrected chi connectivity index (χ0v) is 19.6. The van der Waals surface area contributed by atoms with Crippen molar-refractivity contribution in [1.82, 2.24) is 0 Å². The number of para-hydroxylation sites is 2. The lowest BCUT2D eigenvalue weighted by Crippen LogP contribution is -2.32. The number of nitrogens with one attached hydrogen (secondary N) is 1. The molecule has 6 nitrogen and oxygen atoms in total. The van der Waals surface area contributed by atoms with Gasteiger partial charge in [0, 0.05) is 0 Å². The predicted molar refractivity (Wildman–Crippen MR) is 134 cm³/mol. The molecule has 3 aromatic rings. The van der Waals surface area contributed by atoms with Crippen LogP contribution in [0.3, 0.4) is 0 Å². The molecule has 0 saturated heterocycles. The molecule has 0 saturated carbocycles. The van der Waals surface area contributed by atoms with Crippen molar-refractivity contribution in [2.75, 3.05) is 23.9 Å². The molecule has 1 heterocycles. The molecule has 0 unspecified atom stereocenters. The first-order valence-electron chi connectivity index (χ1n) is 11.4. The van der Waals surface area contributed by atoms with Gasteiger partial charge in [-0.3, -0.25) is 9.59 Å². The highest BCUT2D eigenvalue weighted by Gasteiger charge is 2.40. The highest BCUT2D eigenvalue weighted by atomic mass is 16.5. The third kappa shape index (κ3) is 4.53. The van der Waals surface area contributed by atoms with E-state index in [9.17, 15) is 9.59 Å². The van der Waals surface area contributed by atoms with Crippen molar-refractivity contribution in [2.24, 2.45) is 0 Å². The number of carbonyl (C=O) groups excluding carboxylic acids is 2. The quantitative estimate of drug-likeness (QED) is 0.434. The van der Waals surface area contributed by atoms with Crippen molar-refractivity contribution in [3.63, 3.8) is 0 Å². The molecular weight excluding hydrogens is 428 g/mol. The first-order chi connectivity index (χ1) is 16.6. The second-order valence-corrected chi connectivity index (χ2v) is 7.91. The molecular formula is C28H28N2O4. The van der Waals surface area contributed by atoms with Crippen molar-refractivity contribution in [1.29, 1.82) is 0 Å². The van der Waals surface area contributed by atoms with Gasteiger partial charge < -0.3 is 14.8 Å². The minimum atomic E-state index is -0.415. The topological polar surface area (TPSA) is 67.9 Å². The summed E-state index contributed by atoms with van der Waals surface area (Å²) in [6, 6.07) is 22.0. The van der Waals surface area contributed by atoms with Crippen LogP contribution >= 0.6 is 0 Å². The molecule has 0 aromatic heterocycles. The molecule has 4 rings (SSSR count). The molecule has 1 aliphatic heterocycles. The molecule has 3 aromatic carbocycles. The van der Waals surface area contributed by atoms with Crippen LogP contribution in [0.15, 0.2) is 78.5 Å². The van der Waals surface area contributed by atoms with Gasteiger partial charge in [-0.15, -0.1) is 0 Å². The number of methoxy groups -OCH3 is 1. The normalized spacial score (nSPS) is 13.4. The molecule has 0 fully saturated rings. The molecule has 0 aliphatic carbocycles. The largest absolute Gasteiger partial charge is 0.495 e. The number of hydrogen-bond acceptors (Lipinski definition) is 5. The Morgan fingerprint density at radius 1 is 0.853 bits per heavy atom. The SMILES string of the molecule is CCCOc1ccc(C2=C(Nc3ccccc3OC)C(=O)N(c3ccc(CC)cc3)C2=O)cc1. The number of hydrogen-bond donors (Lipinski definition) is 1. The number of rotatable bonds is 9. The summed E-state index contributed by atoms with van der Waals surface area (Å²) in [6.45, 7) is 4.71. The molecule has 6 heteroatoms. The highest BCUT2D eigenvalue weighted by Crippen LogP contribution is 2.36. The molecule has 1 aliphatic rings. The first-order valence-corrected chi connectivity index (χ1v) is 11.4. The van der Waals surface area contributed by atoms with Gasteiger partial charge in [-0.25, -0.2) is 4.90 Å². The van der Waals surface area contributed by atoms with Crippen LogP contribution < -0.4 is 19.7 Å². The number of nitrogens with zero attached hydrogens (tertiary/aromatic N) is 1. The Kier molecular flexibility index (Phi) is 6.97. The predicted octanol–water partition coefficient (Wildman–Crippen LogP) is 5.44. The number of anilines is 2. The minimum Gasteiger partial charge on any atom is -0.495 e. The van der Waals surface area contributed by atoms with E-state index in [1.54, 1.807) is 37.4 Å². The lowest BCUT2D eigenvalue weighted by atomic mass is 10.0. The van der Waals surface area contributed by atoms with E-state index >= 15 is 0 Å². The number of aryl methyl sites for hydroxylation is 1. The Labute approximate surface area is 199 Å². The molecule has 174 valence electrons. The van der Waals surface area contributed by atoms with Crippen LogP contribution in [0.2, 0.25) is 0 Å². The van der Waals surface area contributed by atoms with E-state index in [4.69, 9.17) is 9.47 Å². The van der Waals surface area contributed by atoms with Crippen LogP contribution in [0.4, 0.5) is 11.4 Å². The van der Waals surface area contributed by atoms with Crippen molar-refractivity contribution in [2.45, 2.75) is 26.7 Å². The maximum absolute atomic E-state index is 13.6. The van der Waals surface area contributed by atoms with Crippen LogP contribution in [-0.2, 0) is 16.0 Å². The standard InChI is InChI=1S/C28H28N2O4/c1-4-18-34-22-16-12-20(13-17-22)25-26(29-23-8-6-7-9-24(23)33-3)28(32)30(27(25)31)21-14-10-19(5-2)11-15-21/h6-17,29H,4-5,18H2,1-3H3. The Morgan fingerprint density at radius 2 is 1.56 bits per heavy atom. The molecule has 0 spiro atoms. The van der Waals surface area contributed by atoms with E-state index in [0.29, 0.717) is 40.6 Å². The Morgan fingerprint density at radius 3 is 2.21 bits per heavy atom. The van der Waals surface area contributed by atoms with Crippen molar-refractivity contribution in [3.8, 4) is 11.5 Å². The fourth-order valence-electron chi connectivity index (χ4n) is 3.85. The first kappa shape index (κ1) is 23.1. The Bertz CT molecular complexity index is 1210. The third-order valence-corrected chi connectivity index (χ3v) is 5.67. The highest BCUT2D eigenvalue weighted by molar-refractivity contribution is 6.46. The van der Waals surface area contributed by atoms with Gasteiger partial charge in [-0.1, -0.05) is 50.2 Å². The Balaban J connectivity index is 1.77. The van der Waals surface area contributed by atoms with Gasteiger partial charge in [0.1, 0.15) is 17.2 Å². The van der Waals surface area contributed by atoms with Crippen LogP contribution in [0.25, 0.3) is 5.57 Å².